The van der Waals surface area contributed by atoms with Gasteiger partial charge in [0.2, 0.25) is 5.91 Å². The van der Waals surface area contributed by atoms with Gasteiger partial charge in [0.05, 0.1) is 23.5 Å². The van der Waals surface area contributed by atoms with E-state index in [1.807, 2.05) is 25.8 Å². The first kappa shape index (κ1) is 20.2. The van der Waals surface area contributed by atoms with Crippen molar-refractivity contribution in [3.63, 3.8) is 0 Å². The van der Waals surface area contributed by atoms with Crippen molar-refractivity contribution in [2.45, 2.75) is 19.9 Å². The fourth-order valence-corrected chi connectivity index (χ4v) is 2.95. The second kappa shape index (κ2) is 8.22. The maximum absolute atomic E-state index is 12.5. The lowest BCUT2D eigenvalue weighted by Gasteiger charge is -2.27. The maximum atomic E-state index is 12.5. The molecule has 0 unspecified atom stereocenters. The van der Waals surface area contributed by atoms with E-state index in [1.165, 1.54) is 4.90 Å². The van der Waals surface area contributed by atoms with Gasteiger partial charge in [-0.05, 0) is 56.3 Å². The van der Waals surface area contributed by atoms with Crippen molar-refractivity contribution >= 4 is 35.0 Å². The SMILES string of the molecule is CC(C)NC(=O)N(C)c1ccc(OC(=O)c2ccc3c(c2)NC(=O)CN3C)cc1. The predicted octanol–water partition coefficient (Wildman–Crippen LogP) is 2.85. The summed E-state index contributed by atoms with van der Waals surface area (Å²) in [5.41, 5.74) is 2.42. The van der Waals surface area contributed by atoms with Gasteiger partial charge in [-0.3, -0.25) is 9.69 Å². The van der Waals surface area contributed by atoms with Crippen LogP contribution in [0.15, 0.2) is 42.5 Å². The molecule has 0 aromatic heterocycles. The Hall–Kier alpha value is -3.55. The monoisotopic (exact) mass is 396 g/mol. The molecular weight excluding hydrogens is 372 g/mol. The normalized spacial score (nSPS) is 12.9. The molecule has 152 valence electrons. The summed E-state index contributed by atoms with van der Waals surface area (Å²) in [7, 11) is 3.48. The Bertz CT molecular complexity index is 940. The minimum Gasteiger partial charge on any atom is -0.423 e. The van der Waals surface area contributed by atoms with Crippen molar-refractivity contribution in [1.29, 1.82) is 0 Å². The average molecular weight is 396 g/mol. The molecule has 3 rings (SSSR count). The summed E-state index contributed by atoms with van der Waals surface area (Å²) in [5, 5.41) is 5.57. The summed E-state index contributed by atoms with van der Waals surface area (Å²) in [4.78, 5) is 39.5. The van der Waals surface area contributed by atoms with Crippen molar-refractivity contribution in [3.8, 4) is 5.75 Å². The number of carbonyl (C=O) groups is 3. The Balaban J connectivity index is 1.69. The first-order valence-corrected chi connectivity index (χ1v) is 9.26. The van der Waals surface area contributed by atoms with Gasteiger partial charge in [0.15, 0.2) is 0 Å². The highest BCUT2D eigenvalue weighted by molar-refractivity contribution is 6.03. The van der Waals surface area contributed by atoms with Gasteiger partial charge in [-0.1, -0.05) is 0 Å². The number of anilines is 3. The lowest BCUT2D eigenvalue weighted by atomic mass is 10.1. The maximum Gasteiger partial charge on any atom is 0.343 e. The van der Waals surface area contributed by atoms with Crippen LogP contribution in [0.4, 0.5) is 21.9 Å². The van der Waals surface area contributed by atoms with Crippen LogP contribution in [-0.2, 0) is 4.79 Å². The zero-order chi connectivity index (χ0) is 21.1. The Morgan fingerprint density at radius 2 is 1.86 bits per heavy atom. The number of hydrogen-bond acceptors (Lipinski definition) is 5. The van der Waals surface area contributed by atoms with E-state index in [4.69, 9.17) is 4.74 Å². The number of urea groups is 1. The molecule has 0 spiro atoms. The highest BCUT2D eigenvalue weighted by Gasteiger charge is 2.21. The number of fused-ring (bicyclic) bond motifs is 1. The number of carbonyl (C=O) groups excluding carboxylic acids is 3. The van der Waals surface area contributed by atoms with Crippen LogP contribution in [0.3, 0.4) is 0 Å². The molecule has 0 bridgehead atoms. The molecule has 0 saturated carbocycles. The average Bonchev–Trinajstić information content (AvgIpc) is 2.66. The molecule has 0 radical (unpaired) electrons. The minimum atomic E-state index is -0.533. The molecule has 8 heteroatoms. The second-order valence-corrected chi connectivity index (χ2v) is 7.18. The van der Waals surface area contributed by atoms with E-state index in [1.54, 1.807) is 49.5 Å². The fraction of sp³-hybridized carbons (Fsp3) is 0.286. The Kier molecular flexibility index (Phi) is 5.72. The van der Waals surface area contributed by atoms with Crippen molar-refractivity contribution in [1.82, 2.24) is 5.32 Å². The third kappa shape index (κ3) is 4.66. The molecule has 3 amide bonds. The van der Waals surface area contributed by atoms with Crippen molar-refractivity contribution in [2.24, 2.45) is 0 Å². The van der Waals surface area contributed by atoms with Gasteiger partial charge >= 0.3 is 12.0 Å². The fourth-order valence-electron chi connectivity index (χ4n) is 2.95. The number of likely N-dealkylation sites (N-methyl/N-ethyl adjacent to an activating group) is 1. The van der Waals surface area contributed by atoms with Gasteiger partial charge < -0.3 is 20.3 Å². The Morgan fingerprint density at radius 1 is 1.17 bits per heavy atom. The first-order valence-electron chi connectivity index (χ1n) is 9.26. The number of nitrogens with one attached hydrogen (secondary N) is 2. The topological polar surface area (TPSA) is 91.0 Å². The second-order valence-electron chi connectivity index (χ2n) is 7.18. The third-order valence-electron chi connectivity index (χ3n) is 4.45. The number of nitrogens with zero attached hydrogens (tertiary/aromatic N) is 2. The standard InChI is InChI=1S/C21H24N4O4/c1-13(2)22-21(28)25(4)15-6-8-16(9-7-15)29-20(27)14-5-10-18-17(11-14)23-19(26)12-24(18)3/h5-11,13H,12H2,1-4H3,(H,22,28)(H,23,26). The van der Waals surface area contributed by atoms with E-state index < -0.39 is 5.97 Å². The lowest BCUT2D eigenvalue weighted by Crippen LogP contribution is -2.40. The summed E-state index contributed by atoms with van der Waals surface area (Å²) >= 11 is 0. The van der Waals surface area contributed by atoms with E-state index in [-0.39, 0.29) is 24.5 Å². The molecule has 1 aliphatic heterocycles. The number of rotatable bonds is 4. The van der Waals surface area contributed by atoms with E-state index in [2.05, 4.69) is 10.6 Å². The zero-order valence-corrected chi connectivity index (χ0v) is 16.9. The van der Waals surface area contributed by atoms with Crippen LogP contribution in [0.1, 0.15) is 24.2 Å². The highest BCUT2D eigenvalue weighted by Crippen LogP contribution is 2.30. The molecule has 2 aromatic carbocycles. The van der Waals surface area contributed by atoms with Crippen molar-refractivity contribution in [3.05, 3.63) is 48.0 Å². The molecule has 1 aliphatic rings. The van der Waals surface area contributed by atoms with Gasteiger partial charge in [-0.15, -0.1) is 0 Å². The van der Waals surface area contributed by atoms with Crippen LogP contribution in [0.2, 0.25) is 0 Å². The molecule has 2 aromatic rings. The minimum absolute atomic E-state index is 0.0337. The Labute approximate surface area is 169 Å². The molecule has 0 aliphatic carbocycles. The molecule has 2 N–H and O–H groups in total. The zero-order valence-electron chi connectivity index (χ0n) is 16.9. The predicted molar refractivity (Wildman–Crippen MR) is 112 cm³/mol. The third-order valence-corrected chi connectivity index (χ3v) is 4.45. The van der Waals surface area contributed by atoms with Gasteiger partial charge in [-0.25, -0.2) is 9.59 Å². The van der Waals surface area contributed by atoms with Gasteiger partial charge in [0, 0.05) is 25.8 Å². The smallest absolute Gasteiger partial charge is 0.343 e. The van der Waals surface area contributed by atoms with Crippen LogP contribution >= 0.6 is 0 Å². The molecule has 0 saturated heterocycles. The Morgan fingerprint density at radius 3 is 2.52 bits per heavy atom. The first-order chi connectivity index (χ1) is 13.7. The van der Waals surface area contributed by atoms with Crippen LogP contribution in [0.25, 0.3) is 0 Å². The number of amides is 3. The molecule has 8 nitrogen and oxygen atoms in total. The number of ether oxygens (including phenoxy) is 1. The number of benzene rings is 2. The molecule has 0 fully saturated rings. The highest BCUT2D eigenvalue weighted by atomic mass is 16.5. The van der Waals surface area contributed by atoms with Crippen LogP contribution < -0.4 is 25.2 Å². The van der Waals surface area contributed by atoms with Crippen LogP contribution in [0.5, 0.6) is 5.75 Å². The summed E-state index contributed by atoms with van der Waals surface area (Å²) < 4.78 is 5.42. The molecular formula is C21H24N4O4. The van der Waals surface area contributed by atoms with Crippen LogP contribution in [-0.4, -0.2) is 44.6 Å². The quantitative estimate of drug-likeness (QED) is 0.613. The largest absolute Gasteiger partial charge is 0.423 e. The number of esters is 1. The van der Waals surface area contributed by atoms with Gasteiger partial charge in [0.25, 0.3) is 0 Å². The van der Waals surface area contributed by atoms with Gasteiger partial charge in [-0.2, -0.15) is 0 Å². The van der Waals surface area contributed by atoms with Crippen molar-refractivity contribution < 1.29 is 19.1 Å². The number of hydrogen-bond donors (Lipinski definition) is 2. The van der Waals surface area contributed by atoms with E-state index in [0.29, 0.717) is 22.7 Å². The lowest BCUT2D eigenvalue weighted by molar-refractivity contribution is -0.115. The molecule has 29 heavy (non-hydrogen) atoms. The van der Waals surface area contributed by atoms with Crippen LogP contribution in [0, 0.1) is 0 Å². The van der Waals surface area contributed by atoms with E-state index >= 15 is 0 Å². The van der Waals surface area contributed by atoms with Crippen molar-refractivity contribution in [2.75, 3.05) is 35.8 Å². The van der Waals surface area contributed by atoms with E-state index in [9.17, 15) is 14.4 Å². The van der Waals surface area contributed by atoms with Gasteiger partial charge in [0.1, 0.15) is 5.75 Å². The molecule has 0 atom stereocenters. The summed E-state index contributed by atoms with van der Waals surface area (Å²) in [6.45, 7) is 4.05. The molecule has 1 heterocycles. The summed E-state index contributed by atoms with van der Waals surface area (Å²) in [6, 6.07) is 11.5. The summed E-state index contributed by atoms with van der Waals surface area (Å²) in [5.74, 6) is -0.309. The van der Waals surface area contributed by atoms with E-state index in [0.717, 1.165) is 5.69 Å². The summed E-state index contributed by atoms with van der Waals surface area (Å²) in [6.07, 6.45) is 0.